The lowest BCUT2D eigenvalue weighted by Gasteiger charge is -2.10. The molecule has 2 aromatic heterocycles. The predicted molar refractivity (Wildman–Crippen MR) is 120 cm³/mol. The van der Waals surface area contributed by atoms with E-state index in [4.69, 9.17) is 9.47 Å². The highest BCUT2D eigenvalue weighted by Gasteiger charge is 2.19. The number of rotatable bonds is 6. The second-order valence-corrected chi connectivity index (χ2v) is 7.14. The van der Waals surface area contributed by atoms with Gasteiger partial charge in [0.05, 0.1) is 24.6 Å². The molecule has 0 aliphatic heterocycles. The second kappa shape index (κ2) is 9.31. The molecule has 1 amide bonds. The van der Waals surface area contributed by atoms with Gasteiger partial charge >= 0.3 is 11.9 Å². The number of carbonyl (C=O) groups excluding carboxylic acids is 3. The molecular weight excluding hydrogens is 424 g/mol. The first-order chi connectivity index (χ1) is 16.0. The smallest absolute Gasteiger partial charge is 0.344 e. The molecule has 0 saturated heterocycles. The number of benzene rings is 2. The van der Waals surface area contributed by atoms with E-state index in [1.54, 1.807) is 35.8 Å². The fourth-order valence-electron chi connectivity index (χ4n) is 3.26. The van der Waals surface area contributed by atoms with Gasteiger partial charge in [-0.1, -0.05) is 36.4 Å². The lowest BCUT2D eigenvalue weighted by atomic mass is 10.1. The molecule has 0 radical (unpaired) electrons. The summed E-state index contributed by atoms with van der Waals surface area (Å²) in [5.74, 6) is -1.80. The Bertz CT molecular complexity index is 1350. The Labute approximate surface area is 189 Å². The minimum absolute atomic E-state index is 0.143. The zero-order valence-corrected chi connectivity index (χ0v) is 17.9. The zero-order valence-electron chi connectivity index (χ0n) is 17.9. The molecule has 0 aliphatic carbocycles. The highest BCUT2D eigenvalue weighted by molar-refractivity contribution is 5.99. The molecule has 9 nitrogen and oxygen atoms in total. The molecule has 4 aromatic rings. The van der Waals surface area contributed by atoms with E-state index in [1.807, 2.05) is 30.3 Å². The number of aromatic nitrogens is 3. The van der Waals surface area contributed by atoms with Crippen LogP contribution in [-0.4, -0.2) is 46.2 Å². The second-order valence-electron chi connectivity index (χ2n) is 7.14. The Morgan fingerprint density at radius 2 is 1.82 bits per heavy atom. The van der Waals surface area contributed by atoms with Crippen molar-refractivity contribution in [3.05, 3.63) is 83.7 Å². The average Bonchev–Trinajstić information content (AvgIpc) is 3.28. The highest BCUT2D eigenvalue weighted by Crippen LogP contribution is 2.21. The molecule has 2 aromatic carbocycles. The number of carbonyl (C=O) groups is 3. The summed E-state index contributed by atoms with van der Waals surface area (Å²) in [6.07, 6.45) is 2.94. The van der Waals surface area contributed by atoms with Crippen LogP contribution >= 0.6 is 0 Å². The number of hydrogen-bond donors (Lipinski definition) is 1. The van der Waals surface area contributed by atoms with Crippen molar-refractivity contribution < 1.29 is 23.9 Å². The first-order valence-electron chi connectivity index (χ1n) is 10.0. The third-order valence-electron chi connectivity index (χ3n) is 4.96. The molecular formula is C24H20N4O5. The first-order valence-corrected chi connectivity index (χ1v) is 10.0. The molecule has 1 N–H and O–H groups in total. The molecule has 33 heavy (non-hydrogen) atoms. The maximum absolute atomic E-state index is 12.6. The molecule has 2 heterocycles. The van der Waals surface area contributed by atoms with Crippen LogP contribution in [0.4, 0.5) is 5.69 Å². The standard InChI is InChI=1S/C24H20N4O5/c1-15-8-9-17(23(30)32-2)12-19(15)27-21(29)14-33-24(31)18-13-26-28-20(10-11-25-22(18)28)16-6-4-3-5-7-16/h3-13H,14H2,1-2H3,(H,27,29). The van der Waals surface area contributed by atoms with E-state index in [0.717, 1.165) is 16.8 Å². The van der Waals surface area contributed by atoms with Gasteiger partial charge in [0.1, 0.15) is 5.56 Å². The van der Waals surface area contributed by atoms with Crippen molar-refractivity contribution in [3.63, 3.8) is 0 Å². The summed E-state index contributed by atoms with van der Waals surface area (Å²) >= 11 is 0. The van der Waals surface area contributed by atoms with Gasteiger partial charge in [-0.25, -0.2) is 19.1 Å². The van der Waals surface area contributed by atoms with Gasteiger partial charge in [0.2, 0.25) is 0 Å². The monoisotopic (exact) mass is 444 g/mol. The van der Waals surface area contributed by atoms with E-state index in [-0.39, 0.29) is 5.56 Å². The number of amides is 1. The van der Waals surface area contributed by atoms with Crippen LogP contribution in [0, 0.1) is 6.92 Å². The Morgan fingerprint density at radius 3 is 2.58 bits per heavy atom. The van der Waals surface area contributed by atoms with Gasteiger partial charge in [0.25, 0.3) is 5.91 Å². The molecule has 0 fully saturated rings. The minimum atomic E-state index is -0.724. The summed E-state index contributed by atoms with van der Waals surface area (Å²) in [5, 5.41) is 6.90. The molecule has 0 saturated carbocycles. The molecule has 9 heteroatoms. The molecule has 166 valence electrons. The average molecular weight is 444 g/mol. The van der Waals surface area contributed by atoms with Gasteiger partial charge in [-0.15, -0.1) is 0 Å². The molecule has 0 unspecified atom stereocenters. The number of esters is 2. The fourth-order valence-corrected chi connectivity index (χ4v) is 3.26. The number of ether oxygens (including phenoxy) is 2. The summed E-state index contributed by atoms with van der Waals surface area (Å²) in [5.41, 5.74) is 3.59. The third-order valence-corrected chi connectivity index (χ3v) is 4.96. The number of nitrogens with one attached hydrogen (secondary N) is 1. The van der Waals surface area contributed by atoms with Gasteiger partial charge in [-0.2, -0.15) is 5.10 Å². The lowest BCUT2D eigenvalue weighted by Crippen LogP contribution is -2.21. The van der Waals surface area contributed by atoms with Crippen LogP contribution in [-0.2, 0) is 14.3 Å². The predicted octanol–water partition coefficient (Wildman–Crippen LogP) is 3.29. The largest absolute Gasteiger partial charge is 0.465 e. The van der Waals surface area contributed by atoms with Crippen LogP contribution in [0.3, 0.4) is 0 Å². The van der Waals surface area contributed by atoms with Crippen LogP contribution in [0.2, 0.25) is 0 Å². The Balaban J connectivity index is 1.46. The summed E-state index contributed by atoms with van der Waals surface area (Å²) in [6, 6.07) is 16.1. The van der Waals surface area contributed by atoms with Gasteiger partial charge in [-0.3, -0.25) is 4.79 Å². The van der Waals surface area contributed by atoms with Crippen molar-refractivity contribution in [2.75, 3.05) is 19.0 Å². The van der Waals surface area contributed by atoms with Crippen molar-refractivity contribution in [1.29, 1.82) is 0 Å². The SMILES string of the molecule is COC(=O)c1ccc(C)c(NC(=O)COC(=O)c2cnn3c(-c4ccccc4)ccnc23)c1. The van der Waals surface area contributed by atoms with E-state index >= 15 is 0 Å². The van der Waals surface area contributed by atoms with Crippen molar-refractivity contribution in [2.24, 2.45) is 0 Å². The normalized spacial score (nSPS) is 10.6. The van der Waals surface area contributed by atoms with E-state index < -0.39 is 24.5 Å². The van der Waals surface area contributed by atoms with Gasteiger partial charge in [0, 0.05) is 17.4 Å². The fraction of sp³-hybridized carbons (Fsp3) is 0.125. The summed E-state index contributed by atoms with van der Waals surface area (Å²) < 4.78 is 11.4. The van der Waals surface area contributed by atoms with E-state index in [9.17, 15) is 14.4 Å². The van der Waals surface area contributed by atoms with Crippen LogP contribution in [0.25, 0.3) is 16.9 Å². The van der Waals surface area contributed by atoms with Gasteiger partial charge < -0.3 is 14.8 Å². The molecule has 0 atom stereocenters. The number of methoxy groups -OCH3 is 1. The van der Waals surface area contributed by atoms with E-state index in [1.165, 1.54) is 19.4 Å². The Hall–Kier alpha value is -4.53. The maximum atomic E-state index is 12.6. The van der Waals surface area contributed by atoms with Crippen LogP contribution in [0.5, 0.6) is 0 Å². The van der Waals surface area contributed by atoms with Crippen molar-refractivity contribution in [2.45, 2.75) is 6.92 Å². The molecule has 0 spiro atoms. The first kappa shape index (κ1) is 21.7. The van der Waals surface area contributed by atoms with Crippen molar-refractivity contribution in [3.8, 4) is 11.3 Å². The Kier molecular flexibility index (Phi) is 6.12. The van der Waals surface area contributed by atoms with Crippen LogP contribution in [0.1, 0.15) is 26.3 Å². The number of fused-ring (bicyclic) bond motifs is 1. The molecule has 0 aliphatic rings. The minimum Gasteiger partial charge on any atom is -0.465 e. The summed E-state index contributed by atoms with van der Waals surface area (Å²) in [4.78, 5) is 40.9. The maximum Gasteiger partial charge on any atom is 0.344 e. The number of nitrogens with zero attached hydrogens (tertiary/aromatic N) is 3. The number of hydrogen-bond acceptors (Lipinski definition) is 7. The highest BCUT2D eigenvalue weighted by atomic mass is 16.5. The van der Waals surface area contributed by atoms with E-state index in [0.29, 0.717) is 16.9 Å². The molecule has 0 bridgehead atoms. The zero-order chi connectivity index (χ0) is 23.4. The van der Waals surface area contributed by atoms with Crippen LogP contribution < -0.4 is 5.32 Å². The topological polar surface area (TPSA) is 112 Å². The third kappa shape index (κ3) is 4.57. The van der Waals surface area contributed by atoms with Gasteiger partial charge in [-0.05, 0) is 30.7 Å². The van der Waals surface area contributed by atoms with Crippen molar-refractivity contribution >= 4 is 29.2 Å². The van der Waals surface area contributed by atoms with Crippen molar-refractivity contribution in [1.82, 2.24) is 14.6 Å². The van der Waals surface area contributed by atoms with E-state index in [2.05, 4.69) is 15.4 Å². The summed E-state index contributed by atoms with van der Waals surface area (Å²) in [6.45, 7) is 1.26. The number of aryl methyl sites for hydroxylation is 1. The van der Waals surface area contributed by atoms with Gasteiger partial charge in [0.15, 0.2) is 12.3 Å². The molecule has 4 rings (SSSR count). The van der Waals surface area contributed by atoms with Crippen LogP contribution in [0.15, 0.2) is 67.0 Å². The lowest BCUT2D eigenvalue weighted by molar-refractivity contribution is -0.119. The number of anilines is 1. The summed E-state index contributed by atoms with van der Waals surface area (Å²) in [7, 11) is 1.28. The Morgan fingerprint density at radius 1 is 1.03 bits per heavy atom. The quantitative estimate of drug-likeness (QED) is 0.454.